The van der Waals surface area contributed by atoms with Crippen molar-refractivity contribution in [2.24, 2.45) is 0 Å². The number of aromatic nitrogens is 1. The predicted octanol–water partition coefficient (Wildman–Crippen LogP) is 17.5. The Hall–Kier alpha value is -8.66. The van der Waals surface area contributed by atoms with Crippen molar-refractivity contribution in [2.45, 2.75) is 0 Å². The summed E-state index contributed by atoms with van der Waals surface area (Å²) >= 11 is 0. The minimum Gasteiger partial charge on any atom is -0.455 e. The molecular weight excluding hydrogens is 789 g/mol. The third-order valence-electron chi connectivity index (χ3n) is 13.2. The second-order valence-corrected chi connectivity index (χ2v) is 16.8. The molecule has 0 atom stereocenters. The summed E-state index contributed by atoms with van der Waals surface area (Å²) in [6.07, 6.45) is 0. The van der Waals surface area contributed by atoms with Gasteiger partial charge in [0, 0.05) is 55.1 Å². The Labute approximate surface area is 376 Å². The normalized spacial score (nSPS) is 11.7. The van der Waals surface area contributed by atoms with Crippen LogP contribution in [0, 0.1) is 0 Å². The average molecular weight is 829 g/mol. The fraction of sp³-hybridized carbons (Fsp3) is 0. The molecule has 0 N–H and O–H groups in total. The highest BCUT2D eigenvalue weighted by atomic mass is 16.3. The van der Waals surface area contributed by atoms with E-state index in [4.69, 9.17) is 4.42 Å². The number of hydrogen-bond acceptors (Lipinski definition) is 2. The van der Waals surface area contributed by atoms with Crippen molar-refractivity contribution in [3.63, 3.8) is 0 Å². The maximum atomic E-state index is 6.75. The van der Waals surface area contributed by atoms with Gasteiger partial charge in [-0.15, -0.1) is 0 Å². The van der Waals surface area contributed by atoms with E-state index in [0.29, 0.717) is 0 Å². The van der Waals surface area contributed by atoms with Crippen molar-refractivity contribution in [3.05, 3.63) is 243 Å². The fourth-order valence-corrected chi connectivity index (χ4v) is 10.1. The monoisotopic (exact) mass is 828 g/mol. The highest BCUT2D eigenvalue weighted by Gasteiger charge is 2.19. The highest BCUT2D eigenvalue weighted by molar-refractivity contribution is 6.17. The van der Waals surface area contributed by atoms with Crippen LogP contribution < -0.4 is 4.90 Å². The number of nitrogens with zero attached hydrogens (tertiary/aromatic N) is 2. The summed E-state index contributed by atoms with van der Waals surface area (Å²) in [7, 11) is 0. The summed E-state index contributed by atoms with van der Waals surface area (Å²) < 4.78 is 9.16. The molecule has 2 aromatic heterocycles. The Morgan fingerprint density at radius 3 is 1.37 bits per heavy atom. The summed E-state index contributed by atoms with van der Waals surface area (Å²) in [6.45, 7) is 0. The molecule has 0 amide bonds. The lowest BCUT2D eigenvalue weighted by atomic mass is 9.98. The van der Waals surface area contributed by atoms with Gasteiger partial charge in [-0.3, -0.25) is 0 Å². The zero-order chi connectivity index (χ0) is 42.8. The molecule has 13 rings (SSSR count). The lowest BCUT2D eigenvalue weighted by molar-refractivity contribution is 0.674. The van der Waals surface area contributed by atoms with Crippen LogP contribution in [0.25, 0.3) is 104 Å². The lowest BCUT2D eigenvalue weighted by Crippen LogP contribution is -2.09. The topological polar surface area (TPSA) is 21.3 Å². The molecule has 0 unspecified atom stereocenters. The van der Waals surface area contributed by atoms with Crippen LogP contribution in [-0.4, -0.2) is 4.57 Å². The predicted molar refractivity (Wildman–Crippen MR) is 274 cm³/mol. The van der Waals surface area contributed by atoms with E-state index < -0.39 is 0 Å². The van der Waals surface area contributed by atoms with Gasteiger partial charge in [0.1, 0.15) is 11.2 Å². The van der Waals surface area contributed by atoms with Gasteiger partial charge in [0.25, 0.3) is 0 Å². The summed E-state index contributed by atoms with van der Waals surface area (Å²) in [6, 6.07) is 87.6. The van der Waals surface area contributed by atoms with Gasteiger partial charge in [-0.05, 0) is 99.1 Å². The molecule has 0 bridgehead atoms. The molecule has 3 heteroatoms. The first-order chi connectivity index (χ1) is 32.2. The fourth-order valence-electron chi connectivity index (χ4n) is 10.1. The summed E-state index contributed by atoms with van der Waals surface area (Å²) in [5, 5.41) is 9.56. The van der Waals surface area contributed by atoms with E-state index >= 15 is 0 Å². The molecule has 3 nitrogen and oxygen atoms in total. The van der Waals surface area contributed by atoms with E-state index in [1.165, 1.54) is 54.7 Å². The maximum Gasteiger partial charge on any atom is 0.143 e. The van der Waals surface area contributed by atoms with Gasteiger partial charge in [-0.1, -0.05) is 182 Å². The number of furan rings is 1. The van der Waals surface area contributed by atoms with E-state index in [1.54, 1.807) is 0 Å². The Bertz CT molecular complexity index is 3870. The summed E-state index contributed by atoms with van der Waals surface area (Å²) in [5.41, 5.74) is 15.5. The van der Waals surface area contributed by atoms with Crippen LogP contribution in [0.5, 0.6) is 0 Å². The molecule has 0 spiro atoms. The van der Waals surface area contributed by atoms with Gasteiger partial charge in [-0.25, -0.2) is 0 Å². The largest absolute Gasteiger partial charge is 0.455 e. The molecular formula is C62H40N2O. The zero-order valence-corrected chi connectivity index (χ0v) is 35.4. The smallest absolute Gasteiger partial charge is 0.143 e. The van der Waals surface area contributed by atoms with E-state index in [1.807, 2.05) is 0 Å². The second-order valence-electron chi connectivity index (χ2n) is 16.8. The third kappa shape index (κ3) is 6.05. The van der Waals surface area contributed by atoms with Gasteiger partial charge in [0.15, 0.2) is 0 Å². The number of rotatable bonds is 7. The Kier molecular flexibility index (Phi) is 8.53. The zero-order valence-electron chi connectivity index (χ0n) is 35.4. The van der Waals surface area contributed by atoms with E-state index in [-0.39, 0.29) is 0 Å². The Morgan fingerprint density at radius 2 is 0.708 bits per heavy atom. The molecule has 0 saturated carbocycles. The third-order valence-corrected chi connectivity index (χ3v) is 13.2. The van der Waals surface area contributed by atoms with E-state index in [9.17, 15) is 0 Å². The van der Waals surface area contributed by atoms with Crippen molar-refractivity contribution < 1.29 is 4.42 Å². The van der Waals surface area contributed by atoms with Gasteiger partial charge in [0.05, 0.1) is 16.7 Å². The van der Waals surface area contributed by atoms with Crippen LogP contribution in [0.3, 0.4) is 0 Å². The lowest BCUT2D eigenvalue weighted by Gasteiger charge is -2.26. The van der Waals surface area contributed by atoms with Crippen LogP contribution >= 0.6 is 0 Å². The number of para-hydroxylation sites is 4. The van der Waals surface area contributed by atoms with Crippen LogP contribution in [0.4, 0.5) is 17.1 Å². The quantitative estimate of drug-likeness (QED) is 0.160. The molecule has 0 aliphatic heterocycles. The van der Waals surface area contributed by atoms with Crippen LogP contribution in [0.1, 0.15) is 0 Å². The van der Waals surface area contributed by atoms with Gasteiger partial charge in [0.2, 0.25) is 0 Å². The Morgan fingerprint density at radius 1 is 0.277 bits per heavy atom. The minimum atomic E-state index is 0.907. The van der Waals surface area contributed by atoms with Crippen molar-refractivity contribution in [1.29, 1.82) is 0 Å². The molecule has 0 saturated heterocycles. The molecule has 2 heterocycles. The molecule has 11 aromatic carbocycles. The number of anilines is 3. The summed E-state index contributed by atoms with van der Waals surface area (Å²) in [5.74, 6) is 0. The van der Waals surface area contributed by atoms with Crippen molar-refractivity contribution >= 4 is 82.4 Å². The Balaban J connectivity index is 0.917. The maximum absolute atomic E-state index is 6.75. The molecule has 0 fully saturated rings. The summed E-state index contributed by atoms with van der Waals surface area (Å²) in [4.78, 5) is 2.35. The van der Waals surface area contributed by atoms with E-state index in [2.05, 4.69) is 252 Å². The first-order valence-electron chi connectivity index (χ1n) is 22.2. The van der Waals surface area contributed by atoms with Gasteiger partial charge >= 0.3 is 0 Å². The highest BCUT2D eigenvalue weighted by Crippen LogP contribution is 2.43. The standard InChI is InChI=1S/C62H40N2O/c1-3-16-49-41(13-1)15-11-21-50(49)43-27-34-46(35-28-43)63(48-38-31-45(32-39-48)53-22-12-23-56-57-40-33-42-14-2-4-18-52(42)62(57)65-61(53)56)47-36-29-44(30-37-47)51-17-5-8-24-58(51)64-59-25-9-6-19-54(59)55-20-7-10-26-60(55)64/h1-40H. The van der Waals surface area contributed by atoms with Crippen molar-refractivity contribution in [2.75, 3.05) is 4.90 Å². The molecule has 0 aliphatic carbocycles. The van der Waals surface area contributed by atoms with E-state index in [0.717, 1.165) is 66.8 Å². The molecule has 65 heavy (non-hydrogen) atoms. The second kappa shape index (κ2) is 15.0. The van der Waals surface area contributed by atoms with Crippen molar-refractivity contribution in [3.8, 4) is 39.1 Å². The molecule has 13 aromatic rings. The molecule has 304 valence electrons. The first-order valence-corrected chi connectivity index (χ1v) is 22.2. The van der Waals surface area contributed by atoms with Crippen LogP contribution in [0.15, 0.2) is 247 Å². The van der Waals surface area contributed by atoms with Crippen molar-refractivity contribution in [1.82, 2.24) is 4.57 Å². The number of hydrogen-bond donors (Lipinski definition) is 0. The minimum absolute atomic E-state index is 0.907. The van der Waals surface area contributed by atoms with Crippen LogP contribution in [-0.2, 0) is 0 Å². The SMILES string of the molecule is c1ccc(-n2c3ccccc3c3ccccc32)c(-c2ccc(N(c3ccc(-c4cccc5ccccc45)cc3)c3ccc(-c4cccc5c4oc4c6ccccc6ccc54)cc3)cc2)c1. The van der Waals surface area contributed by atoms with Gasteiger partial charge in [-0.2, -0.15) is 0 Å². The molecule has 0 aliphatic rings. The van der Waals surface area contributed by atoms with Gasteiger partial charge < -0.3 is 13.9 Å². The first kappa shape index (κ1) is 36.9. The number of fused-ring (bicyclic) bond motifs is 9. The average Bonchev–Trinajstić information content (AvgIpc) is 3.94. The molecule has 0 radical (unpaired) electrons. The number of benzene rings is 11. The van der Waals surface area contributed by atoms with Crippen LogP contribution in [0.2, 0.25) is 0 Å².